The number of aliphatic hydroxyl groups excluding tert-OH is 2. The highest BCUT2D eigenvalue weighted by Crippen LogP contribution is 2.17. The highest BCUT2D eigenvalue weighted by Gasteiger charge is 2.20. The van der Waals surface area contributed by atoms with E-state index in [1.54, 1.807) is 0 Å². The van der Waals surface area contributed by atoms with E-state index >= 15 is 0 Å². The summed E-state index contributed by atoms with van der Waals surface area (Å²) in [7, 11) is 0. The lowest BCUT2D eigenvalue weighted by molar-refractivity contribution is -0.143. The predicted molar refractivity (Wildman–Crippen MR) is 292 cm³/mol. The highest BCUT2D eigenvalue weighted by molar-refractivity contribution is 5.76. The topological polar surface area (TPSA) is 95.9 Å². The fourth-order valence-corrected chi connectivity index (χ4v) is 9.34. The number of aliphatic hydroxyl groups is 2. The van der Waals surface area contributed by atoms with E-state index < -0.39 is 12.1 Å². The van der Waals surface area contributed by atoms with Gasteiger partial charge in [-0.3, -0.25) is 9.59 Å². The van der Waals surface area contributed by atoms with Crippen LogP contribution >= 0.6 is 0 Å². The predicted octanol–water partition coefficient (Wildman–Crippen LogP) is 18.6. The fourth-order valence-electron chi connectivity index (χ4n) is 9.34. The van der Waals surface area contributed by atoms with Gasteiger partial charge in [0.2, 0.25) is 5.91 Å². The van der Waals surface area contributed by atoms with Crippen LogP contribution in [0.25, 0.3) is 0 Å². The molecule has 0 aliphatic rings. The number of rotatable bonds is 56. The molecule has 0 fully saturated rings. The van der Waals surface area contributed by atoms with Crippen LogP contribution in [0.5, 0.6) is 0 Å². The Morgan fingerprint density at radius 2 is 0.701 bits per heavy atom. The maximum Gasteiger partial charge on any atom is 0.305 e. The van der Waals surface area contributed by atoms with Gasteiger partial charge in [0.1, 0.15) is 0 Å². The van der Waals surface area contributed by atoms with Gasteiger partial charge in [0.15, 0.2) is 0 Å². The van der Waals surface area contributed by atoms with E-state index in [0.717, 1.165) is 57.8 Å². The molecule has 0 spiro atoms. The van der Waals surface area contributed by atoms with Crippen molar-refractivity contribution in [2.75, 3.05) is 13.2 Å². The zero-order chi connectivity index (χ0) is 48.6. The molecule has 0 saturated heterocycles. The third-order valence-electron chi connectivity index (χ3n) is 14.0. The molecule has 2 unspecified atom stereocenters. The summed E-state index contributed by atoms with van der Waals surface area (Å²) in [5.41, 5.74) is 0. The molecule has 396 valence electrons. The lowest BCUT2D eigenvalue weighted by Gasteiger charge is -2.22. The third kappa shape index (κ3) is 53.5. The zero-order valence-electron chi connectivity index (χ0n) is 45.1. The molecule has 0 aliphatic carbocycles. The van der Waals surface area contributed by atoms with Crippen molar-refractivity contribution in [3.8, 4) is 0 Å². The molecule has 67 heavy (non-hydrogen) atoms. The van der Waals surface area contributed by atoms with Crippen LogP contribution in [0.3, 0.4) is 0 Å². The molecule has 3 N–H and O–H groups in total. The molecule has 0 heterocycles. The van der Waals surface area contributed by atoms with E-state index in [2.05, 4.69) is 43.5 Å². The number of nitrogens with one attached hydrogen (secondary N) is 1. The summed E-state index contributed by atoms with van der Waals surface area (Å²) >= 11 is 0. The molecule has 2 atom stereocenters. The van der Waals surface area contributed by atoms with E-state index in [0.29, 0.717) is 25.9 Å². The van der Waals surface area contributed by atoms with Crippen LogP contribution in [-0.4, -0.2) is 47.4 Å². The lowest BCUT2D eigenvalue weighted by Crippen LogP contribution is -2.45. The van der Waals surface area contributed by atoms with Gasteiger partial charge in [0.25, 0.3) is 0 Å². The number of carbonyl (C=O) groups excluding carboxylic acids is 2. The third-order valence-corrected chi connectivity index (χ3v) is 14.0. The summed E-state index contributed by atoms with van der Waals surface area (Å²) in [6, 6.07) is -0.550. The second kappa shape index (κ2) is 56.9. The maximum atomic E-state index is 12.5. The minimum Gasteiger partial charge on any atom is -0.466 e. The molecular weight excluding hydrogens is 827 g/mol. The van der Waals surface area contributed by atoms with Crippen LogP contribution in [0.1, 0.15) is 328 Å². The highest BCUT2D eigenvalue weighted by atomic mass is 16.5. The first-order valence-corrected chi connectivity index (χ1v) is 30.1. The number of unbranched alkanes of at least 4 members (excludes halogenated alkanes) is 41. The van der Waals surface area contributed by atoms with E-state index in [4.69, 9.17) is 4.74 Å². The number of allylic oxidation sites excluding steroid dienone is 4. The number of esters is 1. The maximum absolute atomic E-state index is 12.5. The van der Waals surface area contributed by atoms with Gasteiger partial charge in [0, 0.05) is 12.8 Å². The van der Waals surface area contributed by atoms with Crippen molar-refractivity contribution < 1.29 is 24.5 Å². The average Bonchev–Trinajstić information content (AvgIpc) is 3.33. The Morgan fingerprint density at radius 3 is 1.06 bits per heavy atom. The smallest absolute Gasteiger partial charge is 0.305 e. The van der Waals surface area contributed by atoms with E-state index in [9.17, 15) is 19.8 Å². The van der Waals surface area contributed by atoms with Gasteiger partial charge in [-0.05, 0) is 77.0 Å². The minimum atomic E-state index is -0.672. The van der Waals surface area contributed by atoms with Crippen molar-refractivity contribution in [2.24, 2.45) is 0 Å². The SMILES string of the molecule is CCCCCCCCC/C=C\CCCCCCCCCC(=O)OCCCCCCCC/C=C\CCCCCCCCCC(=O)NC(CO)C(O)CCCCCCCCCCCCCCCCC. The molecule has 0 aromatic rings. The standard InChI is InChI=1S/C61H117NO5/c1-3-5-7-9-11-13-15-17-19-20-23-27-31-35-39-43-47-51-55-61(66)67-56-52-48-44-40-36-32-28-24-21-22-26-30-34-38-42-46-50-54-60(65)62-58(57-63)59(64)53-49-45-41-37-33-29-25-18-16-14-12-10-8-6-4-2/h19-21,24,58-59,63-64H,3-18,22-23,25-57H2,1-2H3,(H,62,65)/b20-19-,24-21-. The van der Waals surface area contributed by atoms with Crippen molar-refractivity contribution in [3.05, 3.63) is 24.3 Å². The Morgan fingerprint density at radius 1 is 0.403 bits per heavy atom. The number of amides is 1. The van der Waals surface area contributed by atoms with Gasteiger partial charge in [-0.1, -0.05) is 263 Å². The molecule has 0 bridgehead atoms. The summed E-state index contributed by atoms with van der Waals surface area (Å²) in [5.74, 6) is -0.0499. The molecule has 1 amide bonds. The summed E-state index contributed by atoms with van der Waals surface area (Å²) in [6.07, 6.45) is 68.9. The van der Waals surface area contributed by atoms with E-state index in [-0.39, 0.29) is 18.5 Å². The van der Waals surface area contributed by atoms with Crippen molar-refractivity contribution >= 4 is 11.9 Å². The number of hydrogen-bond donors (Lipinski definition) is 3. The Balaban J connectivity index is 3.44. The molecule has 0 aromatic heterocycles. The second-order valence-corrected chi connectivity index (χ2v) is 20.7. The first kappa shape index (κ1) is 65.3. The summed E-state index contributed by atoms with van der Waals surface area (Å²) < 4.78 is 5.48. The number of hydrogen-bond acceptors (Lipinski definition) is 5. The Bertz CT molecular complexity index is 1040. The fraction of sp³-hybridized carbons (Fsp3) is 0.902. The van der Waals surface area contributed by atoms with Crippen molar-refractivity contribution in [1.29, 1.82) is 0 Å². The first-order chi connectivity index (χ1) is 33.0. The zero-order valence-corrected chi connectivity index (χ0v) is 45.1. The molecule has 6 heteroatoms. The Kier molecular flexibility index (Phi) is 55.5. The van der Waals surface area contributed by atoms with Crippen LogP contribution in [0.4, 0.5) is 0 Å². The van der Waals surface area contributed by atoms with E-state index in [1.807, 2.05) is 0 Å². The molecule has 0 rings (SSSR count). The Hall–Kier alpha value is -1.66. The Labute approximate surface area is 418 Å². The van der Waals surface area contributed by atoms with Crippen molar-refractivity contribution in [1.82, 2.24) is 5.32 Å². The first-order valence-electron chi connectivity index (χ1n) is 30.1. The van der Waals surface area contributed by atoms with Gasteiger partial charge in [-0.2, -0.15) is 0 Å². The van der Waals surface area contributed by atoms with Gasteiger partial charge >= 0.3 is 5.97 Å². The van der Waals surface area contributed by atoms with Crippen LogP contribution in [0, 0.1) is 0 Å². The van der Waals surface area contributed by atoms with Crippen molar-refractivity contribution in [2.45, 2.75) is 341 Å². The van der Waals surface area contributed by atoms with E-state index in [1.165, 1.54) is 238 Å². The summed E-state index contributed by atoms with van der Waals surface area (Å²) in [4.78, 5) is 24.6. The van der Waals surface area contributed by atoms with Gasteiger partial charge in [-0.25, -0.2) is 0 Å². The molecule has 0 aliphatic heterocycles. The monoisotopic (exact) mass is 944 g/mol. The number of ether oxygens (including phenoxy) is 1. The van der Waals surface area contributed by atoms with Gasteiger partial charge in [0.05, 0.1) is 25.4 Å². The average molecular weight is 945 g/mol. The van der Waals surface area contributed by atoms with Crippen molar-refractivity contribution in [3.63, 3.8) is 0 Å². The van der Waals surface area contributed by atoms with Crippen LogP contribution in [0.15, 0.2) is 24.3 Å². The lowest BCUT2D eigenvalue weighted by atomic mass is 10.0. The summed E-state index contributed by atoms with van der Waals surface area (Å²) in [6.45, 7) is 4.94. The molecule has 0 radical (unpaired) electrons. The number of carbonyl (C=O) groups is 2. The molecular formula is C61H117NO5. The second-order valence-electron chi connectivity index (χ2n) is 20.7. The van der Waals surface area contributed by atoms with Crippen LogP contribution in [-0.2, 0) is 14.3 Å². The minimum absolute atomic E-state index is 0.00430. The van der Waals surface area contributed by atoms with Gasteiger partial charge < -0.3 is 20.3 Å². The molecule has 0 saturated carbocycles. The normalized spacial score (nSPS) is 12.7. The largest absolute Gasteiger partial charge is 0.466 e. The van der Waals surface area contributed by atoms with Crippen LogP contribution < -0.4 is 5.32 Å². The van der Waals surface area contributed by atoms with Crippen LogP contribution in [0.2, 0.25) is 0 Å². The molecule has 0 aromatic carbocycles. The molecule has 6 nitrogen and oxygen atoms in total. The van der Waals surface area contributed by atoms with Gasteiger partial charge in [-0.15, -0.1) is 0 Å². The summed E-state index contributed by atoms with van der Waals surface area (Å²) in [5, 5.41) is 23.3. The quantitative estimate of drug-likeness (QED) is 0.0321.